The van der Waals surface area contributed by atoms with Crippen molar-refractivity contribution in [3.63, 3.8) is 0 Å². The molecule has 4 rings (SSSR count). The van der Waals surface area contributed by atoms with Gasteiger partial charge in [-0.1, -0.05) is 37.3 Å². The molecule has 0 saturated carbocycles. The standard InChI is InChI=1S/C23H21N3O3S/c1-3-18(21(28)25-16-9-11-17(27)12-10-16)26-13-24-22-20(23(26)29)19(14(2)30-22)15-7-5-4-6-8-15/h4-13,18,27H,3H2,1-2H3,(H,25,28). The lowest BCUT2D eigenvalue weighted by molar-refractivity contribution is -0.119. The number of thiophene rings is 1. The summed E-state index contributed by atoms with van der Waals surface area (Å²) in [6, 6.07) is 15.3. The summed E-state index contributed by atoms with van der Waals surface area (Å²) in [5.41, 5.74) is 2.15. The molecule has 1 unspecified atom stereocenters. The number of amides is 1. The monoisotopic (exact) mass is 419 g/mol. The second-order valence-electron chi connectivity index (χ2n) is 7.00. The maximum absolute atomic E-state index is 13.5. The predicted octanol–water partition coefficient (Wildman–Crippen LogP) is 4.73. The van der Waals surface area contributed by atoms with Crippen LogP contribution < -0.4 is 10.9 Å². The van der Waals surface area contributed by atoms with Gasteiger partial charge in [0.2, 0.25) is 5.91 Å². The third kappa shape index (κ3) is 3.59. The van der Waals surface area contributed by atoms with Gasteiger partial charge in [-0.2, -0.15) is 0 Å². The van der Waals surface area contributed by atoms with Gasteiger partial charge < -0.3 is 10.4 Å². The zero-order valence-electron chi connectivity index (χ0n) is 16.6. The first kappa shape index (κ1) is 19.8. The average Bonchev–Trinajstić information content (AvgIpc) is 3.09. The molecular formula is C23H21N3O3S. The van der Waals surface area contributed by atoms with Gasteiger partial charge in [0, 0.05) is 16.1 Å². The van der Waals surface area contributed by atoms with E-state index in [1.165, 1.54) is 34.4 Å². The Morgan fingerprint density at radius 1 is 1.17 bits per heavy atom. The van der Waals surface area contributed by atoms with E-state index in [1.54, 1.807) is 12.1 Å². The van der Waals surface area contributed by atoms with Gasteiger partial charge in [-0.05, 0) is 43.2 Å². The average molecular weight is 420 g/mol. The summed E-state index contributed by atoms with van der Waals surface area (Å²) in [5, 5.41) is 12.8. The highest BCUT2D eigenvalue weighted by Crippen LogP contribution is 2.35. The molecule has 0 aliphatic carbocycles. The molecule has 7 heteroatoms. The first-order valence-corrected chi connectivity index (χ1v) is 10.5. The third-order valence-corrected chi connectivity index (χ3v) is 6.05. The van der Waals surface area contributed by atoms with Gasteiger partial charge in [0.15, 0.2) is 0 Å². The molecule has 0 aliphatic heterocycles. The Morgan fingerprint density at radius 3 is 2.53 bits per heavy atom. The Bertz CT molecular complexity index is 1260. The highest BCUT2D eigenvalue weighted by atomic mass is 32.1. The summed E-state index contributed by atoms with van der Waals surface area (Å²) in [6.45, 7) is 3.84. The van der Waals surface area contributed by atoms with E-state index in [0.717, 1.165) is 16.0 Å². The number of aryl methyl sites for hydroxylation is 1. The summed E-state index contributed by atoms with van der Waals surface area (Å²) in [7, 11) is 0. The van der Waals surface area contributed by atoms with E-state index in [1.807, 2.05) is 44.2 Å². The predicted molar refractivity (Wildman–Crippen MR) is 120 cm³/mol. The highest BCUT2D eigenvalue weighted by Gasteiger charge is 2.23. The fraction of sp³-hybridized carbons (Fsp3) is 0.174. The van der Waals surface area contributed by atoms with E-state index in [0.29, 0.717) is 22.3 Å². The van der Waals surface area contributed by atoms with E-state index in [-0.39, 0.29) is 17.2 Å². The first-order chi connectivity index (χ1) is 14.5. The van der Waals surface area contributed by atoms with E-state index in [2.05, 4.69) is 10.3 Å². The number of aromatic nitrogens is 2. The van der Waals surface area contributed by atoms with Crippen LogP contribution in [-0.2, 0) is 4.79 Å². The molecule has 0 spiro atoms. The van der Waals surface area contributed by atoms with Crippen LogP contribution in [0.2, 0.25) is 0 Å². The van der Waals surface area contributed by atoms with Gasteiger partial charge in [-0.15, -0.1) is 11.3 Å². The number of nitrogens with zero attached hydrogens (tertiary/aromatic N) is 2. The van der Waals surface area contributed by atoms with Crippen molar-refractivity contribution in [3.05, 3.63) is 76.2 Å². The maximum Gasteiger partial charge on any atom is 0.263 e. The topological polar surface area (TPSA) is 84.2 Å². The minimum Gasteiger partial charge on any atom is -0.508 e. The van der Waals surface area contributed by atoms with Gasteiger partial charge >= 0.3 is 0 Å². The number of fused-ring (bicyclic) bond motifs is 1. The number of benzene rings is 2. The SMILES string of the molecule is CCC(C(=O)Nc1ccc(O)cc1)n1cnc2sc(C)c(-c3ccccc3)c2c1=O. The van der Waals surface area contributed by atoms with Gasteiger partial charge in [0.1, 0.15) is 16.6 Å². The van der Waals surface area contributed by atoms with Crippen molar-refractivity contribution in [1.82, 2.24) is 9.55 Å². The van der Waals surface area contributed by atoms with Crippen molar-refractivity contribution in [2.24, 2.45) is 0 Å². The molecule has 2 aromatic heterocycles. The van der Waals surface area contributed by atoms with Crippen LogP contribution in [-0.4, -0.2) is 20.6 Å². The van der Waals surface area contributed by atoms with Crippen LogP contribution in [0.3, 0.4) is 0 Å². The lowest BCUT2D eigenvalue weighted by atomic mass is 10.0. The number of anilines is 1. The number of phenolic OH excluding ortho intramolecular Hbond substituents is 1. The molecule has 2 heterocycles. The quantitative estimate of drug-likeness (QED) is 0.458. The molecular weight excluding hydrogens is 398 g/mol. The Kier molecular flexibility index (Phi) is 5.37. The van der Waals surface area contributed by atoms with E-state index >= 15 is 0 Å². The van der Waals surface area contributed by atoms with Crippen molar-refractivity contribution in [3.8, 4) is 16.9 Å². The van der Waals surface area contributed by atoms with Crippen LogP contribution in [0.4, 0.5) is 5.69 Å². The van der Waals surface area contributed by atoms with Crippen molar-refractivity contribution < 1.29 is 9.90 Å². The van der Waals surface area contributed by atoms with E-state index < -0.39 is 6.04 Å². The van der Waals surface area contributed by atoms with Gasteiger partial charge in [-0.25, -0.2) is 4.98 Å². The Labute approximate surface area is 177 Å². The van der Waals surface area contributed by atoms with Crippen LogP contribution in [0.25, 0.3) is 21.3 Å². The summed E-state index contributed by atoms with van der Waals surface area (Å²) < 4.78 is 1.41. The van der Waals surface area contributed by atoms with Crippen molar-refractivity contribution in [2.75, 3.05) is 5.32 Å². The van der Waals surface area contributed by atoms with E-state index in [9.17, 15) is 14.7 Å². The summed E-state index contributed by atoms with van der Waals surface area (Å²) in [5.74, 6) is -0.188. The fourth-order valence-corrected chi connectivity index (χ4v) is 4.57. The first-order valence-electron chi connectivity index (χ1n) is 9.65. The molecule has 2 aromatic carbocycles. The number of hydrogen-bond donors (Lipinski definition) is 2. The second-order valence-corrected chi connectivity index (χ2v) is 8.20. The lowest BCUT2D eigenvalue weighted by Gasteiger charge is -2.18. The largest absolute Gasteiger partial charge is 0.508 e. The number of aromatic hydroxyl groups is 1. The summed E-state index contributed by atoms with van der Waals surface area (Å²) >= 11 is 1.48. The number of carbonyl (C=O) groups excluding carboxylic acids is 1. The van der Waals surface area contributed by atoms with Gasteiger partial charge in [-0.3, -0.25) is 14.2 Å². The third-order valence-electron chi connectivity index (χ3n) is 5.04. The Balaban J connectivity index is 1.78. The van der Waals surface area contributed by atoms with Crippen molar-refractivity contribution >= 4 is 33.1 Å². The second kappa shape index (κ2) is 8.12. The number of hydrogen-bond acceptors (Lipinski definition) is 5. The minimum absolute atomic E-state index is 0.118. The molecule has 1 atom stereocenters. The molecule has 0 radical (unpaired) electrons. The van der Waals surface area contributed by atoms with Gasteiger partial charge in [0.25, 0.3) is 5.56 Å². The molecule has 30 heavy (non-hydrogen) atoms. The molecule has 152 valence electrons. The van der Waals surface area contributed by atoms with Crippen LogP contribution >= 0.6 is 11.3 Å². The molecule has 0 saturated heterocycles. The number of nitrogens with one attached hydrogen (secondary N) is 1. The van der Waals surface area contributed by atoms with Crippen LogP contribution in [0, 0.1) is 6.92 Å². The van der Waals surface area contributed by atoms with Crippen molar-refractivity contribution in [2.45, 2.75) is 26.3 Å². The zero-order valence-corrected chi connectivity index (χ0v) is 17.4. The summed E-state index contributed by atoms with van der Waals surface area (Å²) in [6.07, 6.45) is 1.89. The normalized spacial score (nSPS) is 12.1. The molecule has 2 N–H and O–H groups in total. The van der Waals surface area contributed by atoms with Crippen LogP contribution in [0.15, 0.2) is 65.7 Å². The molecule has 0 bridgehead atoms. The molecule has 6 nitrogen and oxygen atoms in total. The smallest absolute Gasteiger partial charge is 0.263 e. The number of phenols is 1. The zero-order chi connectivity index (χ0) is 21.3. The molecule has 0 aliphatic rings. The Morgan fingerprint density at radius 2 is 1.87 bits per heavy atom. The van der Waals surface area contributed by atoms with Crippen molar-refractivity contribution in [1.29, 1.82) is 0 Å². The molecule has 0 fully saturated rings. The maximum atomic E-state index is 13.5. The van der Waals surface area contributed by atoms with Crippen LogP contribution in [0.1, 0.15) is 24.3 Å². The summed E-state index contributed by atoms with van der Waals surface area (Å²) in [4.78, 5) is 32.5. The lowest BCUT2D eigenvalue weighted by Crippen LogP contribution is -2.33. The minimum atomic E-state index is -0.702. The fourth-order valence-electron chi connectivity index (χ4n) is 3.57. The Hall–Kier alpha value is -3.45. The highest BCUT2D eigenvalue weighted by molar-refractivity contribution is 7.19. The number of rotatable bonds is 5. The molecule has 4 aromatic rings. The number of carbonyl (C=O) groups is 1. The van der Waals surface area contributed by atoms with Crippen LogP contribution in [0.5, 0.6) is 5.75 Å². The molecule has 1 amide bonds. The van der Waals surface area contributed by atoms with E-state index in [4.69, 9.17) is 0 Å². The van der Waals surface area contributed by atoms with Gasteiger partial charge in [0.05, 0.1) is 11.7 Å².